The van der Waals surface area contributed by atoms with Gasteiger partial charge in [-0.1, -0.05) is 0 Å². The van der Waals surface area contributed by atoms with Crippen LogP contribution >= 0.6 is 0 Å². The first-order valence-corrected chi connectivity index (χ1v) is 4.80. The minimum Gasteiger partial charge on any atom is -0.485 e. The van der Waals surface area contributed by atoms with E-state index in [0.717, 1.165) is 18.5 Å². The van der Waals surface area contributed by atoms with E-state index in [0.29, 0.717) is 11.4 Å². The van der Waals surface area contributed by atoms with Gasteiger partial charge in [-0.3, -0.25) is 4.98 Å². The number of aryl methyl sites for hydroxylation is 1. The van der Waals surface area contributed by atoms with E-state index in [1.807, 2.05) is 0 Å². The summed E-state index contributed by atoms with van der Waals surface area (Å²) in [5.41, 5.74) is 1.27. The molecule has 2 aliphatic rings. The van der Waals surface area contributed by atoms with Gasteiger partial charge in [0.2, 0.25) is 0 Å². The second kappa shape index (κ2) is 2.67. The number of nitrogens with zero attached hydrogens (tertiary/aromatic N) is 1. The van der Waals surface area contributed by atoms with Gasteiger partial charge in [0.1, 0.15) is 6.10 Å². The minimum atomic E-state index is -0.305. The number of hydrogen-bond donors (Lipinski definition) is 1. The number of halogens is 1. The maximum Gasteiger partial charge on any atom is 0.186 e. The van der Waals surface area contributed by atoms with Crippen LogP contribution in [0.2, 0.25) is 0 Å². The molecule has 3 rings (SSSR count). The highest BCUT2D eigenvalue weighted by molar-refractivity contribution is 5.40. The first kappa shape index (κ1) is 8.17. The van der Waals surface area contributed by atoms with Crippen molar-refractivity contribution in [2.75, 3.05) is 6.54 Å². The lowest BCUT2D eigenvalue weighted by molar-refractivity contribution is 0.193. The molecule has 3 nitrogen and oxygen atoms in total. The third-order valence-corrected chi connectivity index (χ3v) is 2.93. The highest BCUT2D eigenvalue weighted by Gasteiger charge is 2.36. The van der Waals surface area contributed by atoms with Crippen LogP contribution in [0.3, 0.4) is 0 Å². The van der Waals surface area contributed by atoms with Crippen molar-refractivity contribution in [3.05, 3.63) is 23.3 Å². The van der Waals surface area contributed by atoms with Crippen molar-refractivity contribution in [3.63, 3.8) is 0 Å². The van der Waals surface area contributed by atoms with Crippen LogP contribution in [0, 0.1) is 12.7 Å². The molecule has 0 aliphatic carbocycles. The van der Waals surface area contributed by atoms with Gasteiger partial charge in [-0.2, -0.15) is 0 Å². The molecule has 0 aromatic carbocycles. The molecule has 4 heteroatoms. The van der Waals surface area contributed by atoms with Crippen molar-refractivity contribution >= 4 is 0 Å². The number of rotatable bonds is 0. The third-order valence-electron chi connectivity index (χ3n) is 2.93. The van der Waals surface area contributed by atoms with E-state index < -0.39 is 0 Å². The maximum atomic E-state index is 13.6. The summed E-state index contributed by atoms with van der Waals surface area (Å²) in [7, 11) is 0. The fraction of sp³-hybridized carbons (Fsp3) is 0.500. The van der Waals surface area contributed by atoms with Gasteiger partial charge in [0.25, 0.3) is 0 Å². The van der Waals surface area contributed by atoms with Gasteiger partial charge < -0.3 is 10.1 Å². The van der Waals surface area contributed by atoms with Crippen LogP contribution < -0.4 is 10.1 Å². The number of ether oxygens (including phenoxy) is 1. The van der Waals surface area contributed by atoms with Crippen LogP contribution in [-0.2, 0) is 0 Å². The molecule has 0 unspecified atom stereocenters. The predicted octanol–water partition coefficient (Wildman–Crippen LogP) is 1.32. The summed E-state index contributed by atoms with van der Waals surface area (Å²) in [6.45, 7) is 2.46. The van der Waals surface area contributed by atoms with Gasteiger partial charge in [-0.15, -0.1) is 0 Å². The largest absolute Gasteiger partial charge is 0.485 e. The van der Waals surface area contributed by atoms with E-state index in [1.54, 1.807) is 13.1 Å². The summed E-state index contributed by atoms with van der Waals surface area (Å²) in [6, 6.07) is 0.228. The molecular formula is C10H11FN2O. The Kier molecular flexibility index (Phi) is 1.56. The molecule has 2 atom stereocenters. The maximum absolute atomic E-state index is 13.6. The fourth-order valence-corrected chi connectivity index (χ4v) is 2.14. The summed E-state index contributed by atoms with van der Waals surface area (Å²) >= 11 is 0. The van der Waals surface area contributed by atoms with Crippen molar-refractivity contribution in [1.82, 2.24) is 10.3 Å². The lowest BCUT2D eigenvalue weighted by Crippen LogP contribution is -2.21. The van der Waals surface area contributed by atoms with Crippen LogP contribution in [0.4, 0.5) is 4.39 Å². The standard InChI is InChI=1S/C10H11FN2O/c1-5-9(11)10-7(4-12-5)8-2-6(14-10)3-13-8/h4,6,8,13H,2-3H2,1H3/t6-,8-/m0/s1. The Bertz CT molecular complexity index is 394. The second-order valence-corrected chi connectivity index (χ2v) is 3.88. The Morgan fingerprint density at radius 2 is 2.50 bits per heavy atom. The smallest absolute Gasteiger partial charge is 0.186 e. The molecule has 1 fully saturated rings. The Labute approximate surface area is 81.3 Å². The van der Waals surface area contributed by atoms with Crippen LogP contribution in [0.15, 0.2) is 6.20 Å². The Balaban J connectivity index is 2.18. The first-order chi connectivity index (χ1) is 6.75. The monoisotopic (exact) mass is 194 g/mol. The molecule has 1 saturated heterocycles. The molecule has 2 aliphatic heterocycles. The molecule has 1 aromatic rings. The number of fused-ring (bicyclic) bond motifs is 4. The van der Waals surface area contributed by atoms with E-state index >= 15 is 0 Å². The Morgan fingerprint density at radius 1 is 1.64 bits per heavy atom. The summed E-state index contributed by atoms with van der Waals surface area (Å²) in [6.07, 6.45) is 2.77. The highest BCUT2D eigenvalue weighted by atomic mass is 19.1. The molecule has 1 N–H and O–H groups in total. The van der Waals surface area contributed by atoms with E-state index in [-0.39, 0.29) is 18.0 Å². The molecule has 1 aromatic heterocycles. The third kappa shape index (κ3) is 0.973. The highest BCUT2D eigenvalue weighted by Crippen LogP contribution is 2.39. The summed E-state index contributed by atoms with van der Waals surface area (Å²) < 4.78 is 19.2. The predicted molar refractivity (Wildman–Crippen MR) is 48.7 cm³/mol. The Hall–Kier alpha value is -1.16. The fourth-order valence-electron chi connectivity index (χ4n) is 2.14. The van der Waals surface area contributed by atoms with Crippen molar-refractivity contribution in [2.24, 2.45) is 0 Å². The molecule has 2 bridgehead atoms. The lowest BCUT2D eigenvalue weighted by Gasteiger charge is -2.23. The zero-order chi connectivity index (χ0) is 9.71. The van der Waals surface area contributed by atoms with E-state index in [2.05, 4.69) is 10.3 Å². The van der Waals surface area contributed by atoms with Crippen LogP contribution in [0.5, 0.6) is 5.75 Å². The first-order valence-electron chi connectivity index (χ1n) is 4.80. The van der Waals surface area contributed by atoms with Crippen molar-refractivity contribution in [3.8, 4) is 5.75 Å². The number of pyridine rings is 1. The molecule has 0 amide bonds. The quantitative estimate of drug-likeness (QED) is 0.676. The number of aromatic nitrogens is 1. The number of nitrogens with one attached hydrogen (secondary N) is 1. The van der Waals surface area contributed by atoms with Gasteiger partial charge in [0.05, 0.1) is 5.69 Å². The van der Waals surface area contributed by atoms with Crippen LogP contribution in [0.1, 0.15) is 23.7 Å². The molecule has 0 radical (unpaired) electrons. The van der Waals surface area contributed by atoms with Gasteiger partial charge in [-0.05, 0) is 6.92 Å². The van der Waals surface area contributed by atoms with E-state index in [9.17, 15) is 4.39 Å². The molecule has 14 heavy (non-hydrogen) atoms. The van der Waals surface area contributed by atoms with Crippen LogP contribution in [0.25, 0.3) is 0 Å². The molecule has 0 saturated carbocycles. The van der Waals surface area contributed by atoms with E-state index in [4.69, 9.17) is 4.74 Å². The average molecular weight is 194 g/mol. The van der Waals surface area contributed by atoms with Crippen molar-refractivity contribution in [1.29, 1.82) is 0 Å². The zero-order valence-electron chi connectivity index (χ0n) is 7.88. The average Bonchev–Trinajstić information content (AvgIpc) is 2.56. The second-order valence-electron chi connectivity index (χ2n) is 3.88. The van der Waals surface area contributed by atoms with Gasteiger partial charge >= 0.3 is 0 Å². The molecular weight excluding hydrogens is 183 g/mol. The van der Waals surface area contributed by atoms with Crippen molar-refractivity contribution in [2.45, 2.75) is 25.5 Å². The van der Waals surface area contributed by atoms with Gasteiger partial charge in [0.15, 0.2) is 11.6 Å². The topological polar surface area (TPSA) is 34.1 Å². The lowest BCUT2D eigenvalue weighted by atomic mass is 10.0. The number of hydrogen-bond acceptors (Lipinski definition) is 3. The zero-order valence-corrected chi connectivity index (χ0v) is 7.88. The molecule has 3 heterocycles. The summed E-state index contributed by atoms with van der Waals surface area (Å²) in [5, 5.41) is 3.29. The van der Waals surface area contributed by atoms with E-state index in [1.165, 1.54) is 0 Å². The summed E-state index contributed by atoms with van der Waals surface area (Å²) in [4.78, 5) is 4.01. The van der Waals surface area contributed by atoms with Gasteiger partial charge in [0, 0.05) is 30.8 Å². The normalized spacial score (nSPS) is 28.4. The minimum absolute atomic E-state index is 0.129. The molecule has 0 spiro atoms. The SMILES string of the molecule is Cc1ncc2c(c1F)O[C@@H]1CN[C@H]2C1. The van der Waals surface area contributed by atoms with Gasteiger partial charge in [-0.25, -0.2) is 4.39 Å². The Morgan fingerprint density at radius 3 is 3.36 bits per heavy atom. The molecule has 74 valence electrons. The summed E-state index contributed by atoms with van der Waals surface area (Å²) in [5.74, 6) is 0.102. The van der Waals surface area contributed by atoms with Crippen molar-refractivity contribution < 1.29 is 9.13 Å². The van der Waals surface area contributed by atoms with Crippen LogP contribution in [-0.4, -0.2) is 17.6 Å².